The van der Waals surface area contributed by atoms with Gasteiger partial charge in [0.25, 0.3) is 0 Å². The van der Waals surface area contributed by atoms with Crippen LogP contribution in [0.2, 0.25) is 0 Å². The van der Waals surface area contributed by atoms with Crippen LogP contribution in [0.3, 0.4) is 0 Å². The molecule has 0 aromatic carbocycles. The standard InChI is InChI=1S/C9H7NO4/c11-7-3-6-5(1-2-10-6)4-9(7,14)8(12)13/h1-4,10,14H,(H,12,13). The van der Waals surface area contributed by atoms with E-state index in [0.717, 1.165) is 12.2 Å². The Morgan fingerprint density at radius 1 is 1.50 bits per heavy atom. The van der Waals surface area contributed by atoms with Gasteiger partial charge >= 0.3 is 5.97 Å². The summed E-state index contributed by atoms with van der Waals surface area (Å²) in [4.78, 5) is 24.7. The van der Waals surface area contributed by atoms with Crippen molar-refractivity contribution in [2.45, 2.75) is 5.60 Å². The molecule has 72 valence electrons. The van der Waals surface area contributed by atoms with E-state index in [2.05, 4.69) is 4.98 Å². The maximum atomic E-state index is 11.3. The molecule has 1 atom stereocenters. The molecule has 1 aromatic heterocycles. The molecular formula is C9H7NO4. The van der Waals surface area contributed by atoms with Gasteiger partial charge in [0.2, 0.25) is 11.4 Å². The van der Waals surface area contributed by atoms with Gasteiger partial charge in [-0.15, -0.1) is 0 Å². The van der Waals surface area contributed by atoms with Crippen LogP contribution in [-0.4, -0.2) is 32.6 Å². The molecule has 1 aliphatic rings. The maximum absolute atomic E-state index is 11.3. The van der Waals surface area contributed by atoms with Crippen LogP contribution in [-0.2, 0) is 9.59 Å². The Hall–Kier alpha value is -1.88. The lowest BCUT2D eigenvalue weighted by Crippen LogP contribution is -2.50. The minimum Gasteiger partial charge on any atom is -0.479 e. The topological polar surface area (TPSA) is 90.4 Å². The Kier molecular flexibility index (Phi) is 1.59. The molecule has 0 spiro atoms. The smallest absolute Gasteiger partial charge is 0.348 e. The second-order valence-corrected chi connectivity index (χ2v) is 3.07. The van der Waals surface area contributed by atoms with Gasteiger partial charge < -0.3 is 15.2 Å². The second kappa shape index (κ2) is 2.55. The number of hydrogen-bond acceptors (Lipinski definition) is 3. The Balaban J connectivity index is 2.75. The van der Waals surface area contributed by atoms with Crippen LogP contribution in [0.15, 0.2) is 12.3 Å². The average molecular weight is 193 g/mol. The van der Waals surface area contributed by atoms with Crippen molar-refractivity contribution in [3.63, 3.8) is 0 Å². The van der Waals surface area contributed by atoms with Crippen molar-refractivity contribution in [3.05, 3.63) is 22.8 Å². The number of carboxylic acids is 1. The number of carbonyl (C=O) groups is 2. The summed E-state index contributed by atoms with van der Waals surface area (Å²) in [6.07, 6.45) is 3.69. The minimum absolute atomic E-state index is 0.509. The number of hydrogen-bond donors (Lipinski definition) is 3. The van der Waals surface area contributed by atoms with E-state index < -0.39 is 17.4 Å². The van der Waals surface area contributed by atoms with E-state index in [1.165, 1.54) is 0 Å². The molecule has 5 nitrogen and oxygen atoms in total. The Morgan fingerprint density at radius 2 is 2.21 bits per heavy atom. The fourth-order valence-electron chi connectivity index (χ4n) is 1.35. The van der Waals surface area contributed by atoms with E-state index in [9.17, 15) is 14.7 Å². The van der Waals surface area contributed by atoms with Crippen LogP contribution in [0.25, 0.3) is 12.2 Å². The lowest BCUT2D eigenvalue weighted by molar-refractivity contribution is -0.156. The van der Waals surface area contributed by atoms with E-state index >= 15 is 0 Å². The first-order valence-corrected chi connectivity index (χ1v) is 3.92. The van der Waals surface area contributed by atoms with Gasteiger partial charge in [0.1, 0.15) is 0 Å². The molecule has 1 aromatic rings. The van der Waals surface area contributed by atoms with Gasteiger partial charge in [-0.05, 0) is 17.4 Å². The number of carbonyl (C=O) groups excluding carboxylic acids is 1. The molecule has 5 heteroatoms. The van der Waals surface area contributed by atoms with E-state index in [1.54, 1.807) is 12.3 Å². The third-order valence-electron chi connectivity index (χ3n) is 2.15. The van der Waals surface area contributed by atoms with Crippen LogP contribution >= 0.6 is 0 Å². The van der Waals surface area contributed by atoms with Gasteiger partial charge in [-0.25, -0.2) is 4.79 Å². The summed E-state index contributed by atoms with van der Waals surface area (Å²) in [5.41, 5.74) is -2.42. The van der Waals surface area contributed by atoms with Crippen LogP contribution in [0.4, 0.5) is 0 Å². The number of aromatic amines is 1. The lowest BCUT2D eigenvalue weighted by Gasteiger charge is -2.17. The highest BCUT2D eigenvalue weighted by atomic mass is 16.4. The predicted molar refractivity (Wildman–Crippen MR) is 46.6 cm³/mol. The molecule has 14 heavy (non-hydrogen) atoms. The van der Waals surface area contributed by atoms with Gasteiger partial charge in [-0.2, -0.15) is 0 Å². The average Bonchev–Trinajstić information content (AvgIpc) is 2.52. The third-order valence-corrected chi connectivity index (χ3v) is 2.15. The summed E-state index contributed by atoms with van der Waals surface area (Å²) in [6.45, 7) is 0. The van der Waals surface area contributed by atoms with Gasteiger partial charge in [-0.3, -0.25) is 4.79 Å². The number of rotatable bonds is 1. The zero-order valence-corrected chi connectivity index (χ0v) is 7.02. The fraction of sp³-hybridized carbons (Fsp3) is 0.111. The summed E-state index contributed by atoms with van der Waals surface area (Å²) in [7, 11) is 0. The highest BCUT2D eigenvalue weighted by Gasteiger charge is 2.41. The minimum atomic E-state index is -2.42. The summed E-state index contributed by atoms with van der Waals surface area (Å²) < 4.78 is 0. The Morgan fingerprint density at radius 3 is 2.86 bits per heavy atom. The monoisotopic (exact) mass is 193 g/mol. The van der Waals surface area contributed by atoms with Gasteiger partial charge in [0.05, 0.1) is 0 Å². The van der Waals surface area contributed by atoms with Crippen molar-refractivity contribution in [3.8, 4) is 0 Å². The highest BCUT2D eigenvalue weighted by Crippen LogP contribution is 2.11. The van der Waals surface area contributed by atoms with Gasteiger partial charge in [0.15, 0.2) is 0 Å². The molecule has 3 N–H and O–H groups in total. The number of aliphatic carboxylic acids is 1. The van der Waals surface area contributed by atoms with Crippen LogP contribution in [0.1, 0.15) is 0 Å². The SMILES string of the molecule is O=C(O)C1(O)C=c2cc[nH]c2=CC1=O. The highest BCUT2D eigenvalue weighted by molar-refractivity contribution is 6.25. The summed E-state index contributed by atoms with van der Waals surface area (Å²) in [5, 5.41) is 19.3. The van der Waals surface area contributed by atoms with E-state index in [4.69, 9.17) is 5.11 Å². The quantitative estimate of drug-likeness (QED) is 0.449. The van der Waals surface area contributed by atoms with Crippen molar-refractivity contribution < 1.29 is 19.8 Å². The summed E-state index contributed by atoms with van der Waals surface area (Å²) >= 11 is 0. The molecule has 0 aliphatic heterocycles. The van der Waals surface area contributed by atoms with Crippen LogP contribution in [0.5, 0.6) is 0 Å². The number of H-pyrrole nitrogens is 1. The molecule has 1 heterocycles. The number of fused-ring (bicyclic) bond motifs is 1. The molecule has 0 saturated heterocycles. The summed E-state index contributed by atoms with van der Waals surface area (Å²) in [6, 6.07) is 1.59. The maximum Gasteiger partial charge on any atom is 0.348 e. The molecule has 0 amide bonds. The molecule has 0 radical (unpaired) electrons. The van der Waals surface area contributed by atoms with Crippen molar-refractivity contribution >= 4 is 23.9 Å². The first-order valence-electron chi connectivity index (χ1n) is 3.92. The van der Waals surface area contributed by atoms with E-state index in [1.807, 2.05) is 0 Å². The Labute approximate surface area is 78.0 Å². The Bertz CT molecular complexity index is 527. The number of nitrogens with one attached hydrogen (secondary N) is 1. The van der Waals surface area contributed by atoms with Crippen molar-refractivity contribution in [1.82, 2.24) is 4.98 Å². The number of aromatic nitrogens is 1. The molecule has 2 rings (SSSR count). The normalized spacial score (nSPS) is 24.8. The van der Waals surface area contributed by atoms with Crippen LogP contribution < -0.4 is 10.6 Å². The zero-order chi connectivity index (χ0) is 10.3. The summed E-state index contributed by atoms with van der Waals surface area (Å²) in [5.74, 6) is -2.41. The zero-order valence-electron chi connectivity index (χ0n) is 7.02. The van der Waals surface area contributed by atoms with Crippen molar-refractivity contribution in [1.29, 1.82) is 0 Å². The number of carboxylic acid groups (broad SMARTS) is 1. The van der Waals surface area contributed by atoms with Crippen LogP contribution in [0, 0.1) is 0 Å². The third kappa shape index (κ3) is 0.993. The number of Topliss-reactive ketones (excluding diaryl/α,β-unsaturated/α-hetero) is 1. The number of ketones is 1. The van der Waals surface area contributed by atoms with Crippen molar-refractivity contribution in [2.24, 2.45) is 0 Å². The first kappa shape index (κ1) is 8.71. The predicted octanol–water partition coefficient (Wildman–Crippen LogP) is -2.03. The van der Waals surface area contributed by atoms with Gasteiger partial charge in [0, 0.05) is 17.6 Å². The molecule has 0 saturated carbocycles. The van der Waals surface area contributed by atoms with E-state index in [-0.39, 0.29) is 0 Å². The molecule has 1 aliphatic carbocycles. The van der Waals surface area contributed by atoms with E-state index in [0.29, 0.717) is 10.6 Å². The molecule has 1 unspecified atom stereocenters. The second-order valence-electron chi connectivity index (χ2n) is 3.07. The molecule has 0 fully saturated rings. The molecular weight excluding hydrogens is 186 g/mol. The fourth-order valence-corrected chi connectivity index (χ4v) is 1.35. The largest absolute Gasteiger partial charge is 0.479 e. The van der Waals surface area contributed by atoms with Crippen molar-refractivity contribution in [2.75, 3.05) is 0 Å². The molecule has 0 bridgehead atoms. The first-order chi connectivity index (χ1) is 6.54. The number of aliphatic hydroxyl groups is 1. The van der Waals surface area contributed by atoms with Gasteiger partial charge in [-0.1, -0.05) is 0 Å². The lowest BCUT2D eigenvalue weighted by atomic mass is 9.93.